The third-order valence-electron chi connectivity index (χ3n) is 3.88. The number of urea groups is 1. The minimum absolute atomic E-state index is 0.0562. The number of amides is 2. The number of likely N-dealkylation sites (N-methyl/N-ethyl adjacent to an activating group) is 1. The van der Waals surface area contributed by atoms with Crippen LogP contribution < -0.4 is 0 Å². The number of rotatable bonds is 3. The molecular formula is C11H18N2O3. The molecule has 2 aliphatic rings. The molecule has 5 heteroatoms. The summed E-state index contributed by atoms with van der Waals surface area (Å²) in [5, 5.41) is 8.80. The first-order valence-electron chi connectivity index (χ1n) is 5.80. The molecule has 2 fully saturated rings. The van der Waals surface area contributed by atoms with E-state index in [0.29, 0.717) is 12.8 Å². The lowest BCUT2D eigenvalue weighted by atomic mass is 9.79. The molecule has 0 aromatic rings. The number of hydrogen-bond acceptors (Lipinski definition) is 2. The molecule has 1 unspecified atom stereocenters. The fraction of sp³-hybridized carbons (Fsp3) is 0.818. The topological polar surface area (TPSA) is 60.9 Å². The SMILES string of the molecule is CCC1CN(C2CC(C(=O)O)C2)C(=O)N1C. The number of carbonyl (C=O) groups excluding carboxylic acids is 1. The predicted octanol–water partition coefficient (Wildman–Crippen LogP) is 0.996. The molecule has 1 aliphatic carbocycles. The summed E-state index contributed by atoms with van der Waals surface area (Å²) in [7, 11) is 1.82. The van der Waals surface area contributed by atoms with E-state index >= 15 is 0 Å². The van der Waals surface area contributed by atoms with E-state index in [0.717, 1.165) is 13.0 Å². The van der Waals surface area contributed by atoms with E-state index in [-0.39, 0.29) is 24.0 Å². The first-order chi connectivity index (χ1) is 7.54. The molecular weight excluding hydrogens is 208 g/mol. The number of carbonyl (C=O) groups is 2. The Morgan fingerprint density at radius 3 is 2.56 bits per heavy atom. The van der Waals surface area contributed by atoms with Gasteiger partial charge in [0.2, 0.25) is 0 Å². The second-order valence-electron chi connectivity index (χ2n) is 4.77. The van der Waals surface area contributed by atoms with Crippen LogP contribution in [-0.2, 0) is 4.79 Å². The van der Waals surface area contributed by atoms with Gasteiger partial charge in [-0.1, -0.05) is 6.92 Å². The molecule has 90 valence electrons. The van der Waals surface area contributed by atoms with E-state index in [4.69, 9.17) is 5.11 Å². The molecule has 1 N–H and O–H groups in total. The Morgan fingerprint density at radius 1 is 1.50 bits per heavy atom. The number of aliphatic carboxylic acids is 1. The summed E-state index contributed by atoms with van der Waals surface area (Å²) < 4.78 is 0. The second kappa shape index (κ2) is 3.96. The van der Waals surface area contributed by atoms with E-state index in [9.17, 15) is 9.59 Å². The van der Waals surface area contributed by atoms with Gasteiger partial charge in [-0.25, -0.2) is 4.79 Å². The maximum absolute atomic E-state index is 11.9. The summed E-state index contributed by atoms with van der Waals surface area (Å²) in [5.74, 6) is -0.980. The van der Waals surface area contributed by atoms with Gasteiger partial charge in [0.15, 0.2) is 0 Å². The van der Waals surface area contributed by atoms with Crippen LogP contribution in [0.4, 0.5) is 4.79 Å². The predicted molar refractivity (Wildman–Crippen MR) is 58.1 cm³/mol. The van der Waals surface area contributed by atoms with Crippen molar-refractivity contribution in [3.63, 3.8) is 0 Å². The summed E-state index contributed by atoms with van der Waals surface area (Å²) >= 11 is 0. The average molecular weight is 226 g/mol. The lowest BCUT2D eigenvalue weighted by Gasteiger charge is -2.38. The summed E-state index contributed by atoms with van der Waals surface area (Å²) in [4.78, 5) is 26.2. The van der Waals surface area contributed by atoms with Gasteiger partial charge in [-0.3, -0.25) is 4.79 Å². The van der Waals surface area contributed by atoms with Crippen LogP contribution >= 0.6 is 0 Å². The molecule has 0 aromatic carbocycles. The van der Waals surface area contributed by atoms with Crippen molar-refractivity contribution in [1.82, 2.24) is 9.80 Å². The van der Waals surface area contributed by atoms with Crippen molar-refractivity contribution in [2.75, 3.05) is 13.6 Å². The van der Waals surface area contributed by atoms with Gasteiger partial charge >= 0.3 is 12.0 Å². The molecule has 1 aliphatic heterocycles. The highest BCUT2D eigenvalue weighted by Gasteiger charge is 2.44. The van der Waals surface area contributed by atoms with Crippen molar-refractivity contribution >= 4 is 12.0 Å². The Kier molecular flexibility index (Phi) is 2.78. The molecule has 0 radical (unpaired) electrons. The largest absolute Gasteiger partial charge is 0.481 e. The lowest BCUT2D eigenvalue weighted by Crippen LogP contribution is -2.48. The Labute approximate surface area is 95.0 Å². The molecule has 0 spiro atoms. The Hall–Kier alpha value is -1.26. The molecule has 16 heavy (non-hydrogen) atoms. The molecule has 1 atom stereocenters. The monoisotopic (exact) mass is 226 g/mol. The molecule has 0 aromatic heterocycles. The zero-order chi connectivity index (χ0) is 11.9. The van der Waals surface area contributed by atoms with Gasteiger partial charge in [0.1, 0.15) is 0 Å². The van der Waals surface area contributed by atoms with Gasteiger partial charge in [-0.15, -0.1) is 0 Å². The van der Waals surface area contributed by atoms with Crippen LogP contribution in [0.15, 0.2) is 0 Å². The standard InChI is InChI=1S/C11H18N2O3/c1-3-8-6-13(11(16)12(8)2)9-4-7(5-9)10(14)15/h7-9H,3-6H2,1-2H3,(H,14,15). The van der Waals surface area contributed by atoms with Gasteiger partial charge in [0, 0.05) is 19.6 Å². The fourth-order valence-electron chi connectivity index (χ4n) is 2.54. The van der Waals surface area contributed by atoms with E-state index in [2.05, 4.69) is 6.92 Å². The maximum Gasteiger partial charge on any atom is 0.320 e. The Bertz CT molecular complexity index is 312. The molecule has 1 saturated heterocycles. The van der Waals surface area contributed by atoms with Crippen LogP contribution in [0.2, 0.25) is 0 Å². The third kappa shape index (κ3) is 1.64. The highest BCUT2D eigenvalue weighted by Crippen LogP contribution is 2.34. The van der Waals surface area contributed by atoms with E-state index in [1.165, 1.54) is 0 Å². The molecule has 0 bridgehead atoms. The number of hydrogen-bond donors (Lipinski definition) is 1. The van der Waals surface area contributed by atoms with Gasteiger partial charge in [-0.05, 0) is 19.3 Å². The van der Waals surface area contributed by atoms with Crippen LogP contribution in [0.5, 0.6) is 0 Å². The Morgan fingerprint density at radius 2 is 2.12 bits per heavy atom. The van der Waals surface area contributed by atoms with Gasteiger partial charge in [-0.2, -0.15) is 0 Å². The van der Waals surface area contributed by atoms with Crippen LogP contribution in [0.1, 0.15) is 26.2 Å². The molecule has 2 amide bonds. The van der Waals surface area contributed by atoms with Gasteiger partial charge < -0.3 is 14.9 Å². The van der Waals surface area contributed by atoms with E-state index in [1.54, 1.807) is 4.90 Å². The highest BCUT2D eigenvalue weighted by molar-refractivity contribution is 5.78. The summed E-state index contributed by atoms with van der Waals surface area (Å²) in [6.07, 6.45) is 2.19. The Balaban J connectivity index is 1.93. The maximum atomic E-state index is 11.9. The van der Waals surface area contributed by atoms with Crippen LogP contribution in [0.25, 0.3) is 0 Å². The zero-order valence-electron chi connectivity index (χ0n) is 9.72. The quantitative estimate of drug-likeness (QED) is 0.780. The van der Waals surface area contributed by atoms with Crippen molar-refractivity contribution in [2.45, 2.75) is 38.3 Å². The molecule has 1 saturated carbocycles. The van der Waals surface area contributed by atoms with Gasteiger partial charge in [0.25, 0.3) is 0 Å². The molecule has 5 nitrogen and oxygen atoms in total. The first-order valence-corrected chi connectivity index (χ1v) is 5.80. The first kappa shape index (κ1) is 11.2. The van der Waals surface area contributed by atoms with Crippen molar-refractivity contribution in [2.24, 2.45) is 5.92 Å². The van der Waals surface area contributed by atoms with E-state index in [1.807, 2.05) is 11.9 Å². The number of carboxylic acid groups (broad SMARTS) is 1. The highest BCUT2D eigenvalue weighted by atomic mass is 16.4. The zero-order valence-corrected chi connectivity index (χ0v) is 9.72. The lowest BCUT2D eigenvalue weighted by molar-refractivity contribution is -0.146. The third-order valence-corrected chi connectivity index (χ3v) is 3.88. The second-order valence-corrected chi connectivity index (χ2v) is 4.77. The van der Waals surface area contributed by atoms with Crippen molar-refractivity contribution in [3.8, 4) is 0 Å². The summed E-state index contributed by atoms with van der Waals surface area (Å²) in [6, 6.07) is 0.490. The van der Waals surface area contributed by atoms with Crippen molar-refractivity contribution in [3.05, 3.63) is 0 Å². The smallest absolute Gasteiger partial charge is 0.320 e. The minimum Gasteiger partial charge on any atom is -0.481 e. The van der Waals surface area contributed by atoms with Gasteiger partial charge in [0.05, 0.1) is 12.0 Å². The van der Waals surface area contributed by atoms with Crippen LogP contribution in [-0.4, -0.2) is 52.6 Å². The molecule has 1 heterocycles. The average Bonchev–Trinajstić information content (AvgIpc) is 2.43. The number of carboxylic acids is 1. The van der Waals surface area contributed by atoms with Crippen molar-refractivity contribution < 1.29 is 14.7 Å². The molecule has 2 rings (SSSR count). The summed E-state index contributed by atoms with van der Waals surface area (Å²) in [5.41, 5.74) is 0. The normalized spacial score (nSPS) is 34.1. The fourth-order valence-corrected chi connectivity index (χ4v) is 2.54. The minimum atomic E-state index is -0.733. The van der Waals surface area contributed by atoms with Crippen LogP contribution in [0, 0.1) is 5.92 Å². The van der Waals surface area contributed by atoms with E-state index < -0.39 is 5.97 Å². The van der Waals surface area contributed by atoms with Crippen molar-refractivity contribution in [1.29, 1.82) is 0 Å². The van der Waals surface area contributed by atoms with Crippen LogP contribution in [0.3, 0.4) is 0 Å². The number of nitrogens with zero attached hydrogens (tertiary/aromatic N) is 2. The summed E-state index contributed by atoms with van der Waals surface area (Å²) in [6.45, 7) is 2.82.